The molecule has 22 heavy (non-hydrogen) atoms. The molecule has 0 spiro atoms. The van der Waals surface area contributed by atoms with E-state index in [-0.39, 0.29) is 0 Å². The largest absolute Gasteiger partial charge is 0.462 e. The van der Waals surface area contributed by atoms with Crippen LogP contribution in [0.4, 0.5) is 11.9 Å². The van der Waals surface area contributed by atoms with Gasteiger partial charge in [-0.2, -0.15) is 0 Å². The zero-order chi connectivity index (χ0) is 15.8. The van der Waals surface area contributed by atoms with Crippen molar-refractivity contribution in [2.45, 2.75) is 13.8 Å². The van der Waals surface area contributed by atoms with Crippen LogP contribution in [0.5, 0.6) is 0 Å². The monoisotopic (exact) mass is 302 g/mol. The molecule has 0 saturated carbocycles. The maximum Gasteiger partial charge on any atom is 0.341 e. The highest BCUT2D eigenvalue weighted by Crippen LogP contribution is 2.08. The fraction of sp³-hybridized carbons (Fsp3) is 0.357. The third-order valence-corrected chi connectivity index (χ3v) is 2.73. The highest BCUT2D eigenvalue weighted by Gasteiger charge is 2.12. The predicted molar refractivity (Wildman–Crippen MR) is 81.7 cm³/mol. The van der Waals surface area contributed by atoms with Gasteiger partial charge in [-0.3, -0.25) is 0 Å². The Morgan fingerprint density at radius 2 is 1.82 bits per heavy atom. The first-order chi connectivity index (χ1) is 10.7. The van der Waals surface area contributed by atoms with Crippen molar-refractivity contribution in [2.24, 2.45) is 0 Å². The van der Waals surface area contributed by atoms with E-state index in [0.717, 1.165) is 0 Å². The van der Waals surface area contributed by atoms with Crippen molar-refractivity contribution in [1.82, 2.24) is 19.9 Å². The molecule has 2 aromatic rings. The summed E-state index contributed by atoms with van der Waals surface area (Å²) in [7, 11) is 0. The summed E-state index contributed by atoms with van der Waals surface area (Å²) < 4.78 is 4.93. The number of anilines is 2. The molecule has 0 radical (unpaired) electrons. The minimum atomic E-state index is -0.408. The Balaban J connectivity index is 1.83. The molecule has 0 aliphatic heterocycles. The normalized spacial score (nSPS) is 10.1. The number of ether oxygens (including phenoxy) is 1. The molecule has 0 amide bonds. The lowest BCUT2D eigenvalue weighted by atomic mass is 10.2. The molecule has 0 atom stereocenters. The van der Waals surface area contributed by atoms with Gasteiger partial charge in [-0.15, -0.1) is 0 Å². The molecule has 0 aromatic carbocycles. The van der Waals surface area contributed by atoms with Gasteiger partial charge in [-0.1, -0.05) is 0 Å². The number of hydrogen-bond acceptors (Lipinski definition) is 8. The fourth-order valence-corrected chi connectivity index (χ4v) is 1.70. The fourth-order valence-electron chi connectivity index (χ4n) is 1.70. The van der Waals surface area contributed by atoms with Gasteiger partial charge in [0.1, 0.15) is 0 Å². The van der Waals surface area contributed by atoms with Crippen LogP contribution in [0.25, 0.3) is 0 Å². The summed E-state index contributed by atoms with van der Waals surface area (Å²) >= 11 is 0. The lowest BCUT2D eigenvalue weighted by Gasteiger charge is -2.08. The highest BCUT2D eigenvalue weighted by atomic mass is 16.5. The van der Waals surface area contributed by atoms with Gasteiger partial charge < -0.3 is 15.4 Å². The SMILES string of the molecule is CCOC(=O)c1cnc(NCCNc2ncccn2)nc1C. The second-order valence-electron chi connectivity index (χ2n) is 4.34. The molecule has 0 aliphatic carbocycles. The molecule has 8 nitrogen and oxygen atoms in total. The van der Waals surface area contributed by atoms with Crippen molar-refractivity contribution in [3.63, 3.8) is 0 Å². The van der Waals surface area contributed by atoms with Gasteiger partial charge in [0, 0.05) is 31.7 Å². The average Bonchev–Trinajstić information content (AvgIpc) is 2.53. The van der Waals surface area contributed by atoms with Gasteiger partial charge in [0.2, 0.25) is 11.9 Å². The third kappa shape index (κ3) is 4.37. The van der Waals surface area contributed by atoms with Crippen molar-refractivity contribution in [2.75, 3.05) is 30.3 Å². The van der Waals surface area contributed by atoms with E-state index < -0.39 is 5.97 Å². The van der Waals surface area contributed by atoms with Crippen molar-refractivity contribution in [1.29, 1.82) is 0 Å². The summed E-state index contributed by atoms with van der Waals surface area (Å²) in [5.41, 5.74) is 0.957. The Morgan fingerprint density at radius 3 is 2.45 bits per heavy atom. The van der Waals surface area contributed by atoms with Crippen LogP contribution in [-0.2, 0) is 4.74 Å². The van der Waals surface area contributed by atoms with Gasteiger partial charge in [0.15, 0.2) is 0 Å². The van der Waals surface area contributed by atoms with Gasteiger partial charge in [-0.25, -0.2) is 24.7 Å². The van der Waals surface area contributed by atoms with E-state index in [2.05, 4.69) is 30.6 Å². The van der Waals surface area contributed by atoms with E-state index in [0.29, 0.717) is 42.9 Å². The number of carbonyl (C=O) groups excluding carboxylic acids is 1. The van der Waals surface area contributed by atoms with E-state index in [9.17, 15) is 4.79 Å². The van der Waals surface area contributed by atoms with Crippen LogP contribution in [-0.4, -0.2) is 45.6 Å². The molecule has 0 fully saturated rings. The Bertz CT molecular complexity index is 620. The summed E-state index contributed by atoms with van der Waals surface area (Å²) in [6, 6.07) is 1.76. The quantitative estimate of drug-likeness (QED) is 0.582. The first-order valence-corrected chi connectivity index (χ1v) is 6.96. The number of carbonyl (C=O) groups is 1. The Labute approximate surface area is 128 Å². The summed E-state index contributed by atoms with van der Waals surface area (Å²) in [6.07, 6.45) is 4.81. The standard InChI is InChI=1S/C14H18N6O2/c1-3-22-12(21)11-9-19-14(20-10(11)2)18-8-7-17-13-15-5-4-6-16-13/h4-6,9H,3,7-8H2,1-2H3,(H,15,16,17)(H,18,19,20). The molecule has 0 saturated heterocycles. The van der Waals surface area contributed by atoms with Crippen molar-refractivity contribution in [3.05, 3.63) is 35.9 Å². The Morgan fingerprint density at radius 1 is 1.14 bits per heavy atom. The Kier molecular flexibility index (Phi) is 5.58. The number of rotatable bonds is 7. The molecule has 2 aromatic heterocycles. The average molecular weight is 302 g/mol. The van der Waals surface area contributed by atoms with Gasteiger partial charge in [0.25, 0.3) is 0 Å². The van der Waals surface area contributed by atoms with Crippen LogP contribution in [0.2, 0.25) is 0 Å². The molecule has 2 heterocycles. The summed E-state index contributed by atoms with van der Waals surface area (Å²) in [5.74, 6) is 0.620. The zero-order valence-electron chi connectivity index (χ0n) is 12.5. The molecular formula is C14H18N6O2. The number of aromatic nitrogens is 4. The van der Waals surface area contributed by atoms with Crippen LogP contribution < -0.4 is 10.6 Å². The predicted octanol–water partition coefficient (Wildman–Crippen LogP) is 1.28. The summed E-state index contributed by atoms with van der Waals surface area (Å²) in [5, 5.41) is 6.12. The Hall–Kier alpha value is -2.77. The number of hydrogen-bond donors (Lipinski definition) is 2. The van der Waals surface area contributed by atoms with Gasteiger partial charge in [-0.05, 0) is 19.9 Å². The van der Waals surface area contributed by atoms with Crippen molar-refractivity contribution < 1.29 is 9.53 Å². The highest BCUT2D eigenvalue weighted by molar-refractivity contribution is 5.90. The minimum Gasteiger partial charge on any atom is -0.462 e. The van der Waals surface area contributed by atoms with Crippen LogP contribution >= 0.6 is 0 Å². The molecule has 2 N–H and O–H groups in total. The first-order valence-electron chi connectivity index (χ1n) is 6.96. The van der Waals surface area contributed by atoms with Gasteiger partial charge in [0.05, 0.1) is 17.9 Å². The van der Waals surface area contributed by atoms with Crippen LogP contribution in [0, 0.1) is 6.92 Å². The number of aryl methyl sites for hydroxylation is 1. The number of esters is 1. The third-order valence-electron chi connectivity index (χ3n) is 2.73. The lowest BCUT2D eigenvalue weighted by Crippen LogP contribution is -2.17. The number of nitrogens with one attached hydrogen (secondary N) is 2. The number of nitrogens with zero attached hydrogens (tertiary/aromatic N) is 4. The maximum atomic E-state index is 11.6. The maximum absolute atomic E-state index is 11.6. The molecule has 2 rings (SSSR count). The molecule has 116 valence electrons. The summed E-state index contributed by atoms with van der Waals surface area (Å²) in [6.45, 7) is 5.04. The topological polar surface area (TPSA) is 102 Å². The molecule has 0 aliphatic rings. The smallest absolute Gasteiger partial charge is 0.341 e. The van der Waals surface area contributed by atoms with E-state index in [1.165, 1.54) is 6.20 Å². The summed E-state index contributed by atoms with van der Waals surface area (Å²) in [4.78, 5) is 28.1. The van der Waals surface area contributed by atoms with E-state index in [1.807, 2.05) is 0 Å². The molecule has 0 bridgehead atoms. The van der Waals surface area contributed by atoms with Crippen LogP contribution in [0.15, 0.2) is 24.7 Å². The van der Waals surface area contributed by atoms with Crippen molar-refractivity contribution >= 4 is 17.9 Å². The van der Waals surface area contributed by atoms with Crippen LogP contribution in [0.1, 0.15) is 23.0 Å². The molecule has 0 unspecified atom stereocenters. The molecular weight excluding hydrogens is 284 g/mol. The van der Waals surface area contributed by atoms with Gasteiger partial charge >= 0.3 is 5.97 Å². The second kappa shape index (κ2) is 7.87. The van der Waals surface area contributed by atoms with E-state index >= 15 is 0 Å². The van der Waals surface area contributed by atoms with E-state index in [4.69, 9.17) is 4.74 Å². The van der Waals surface area contributed by atoms with Crippen LogP contribution in [0.3, 0.4) is 0 Å². The molecule has 8 heteroatoms. The first kappa shape index (κ1) is 15.6. The zero-order valence-corrected chi connectivity index (χ0v) is 12.5. The lowest BCUT2D eigenvalue weighted by molar-refractivity contribution is 0.0524. The van der Waals surface area contributed by atoms with E-state index in [1.54, 1.807) is 32.3 Å². The van der Waals surface area contributed by atoms with Crippen molar-refractivity contribution in [3.8, 4) is 0 Å². The second-order valence-corrected chi connectivity index (χ2v) is 4.34. The minimum absolute atomic E-state index is 0.325.